The Morgan fingerprint density at radius 1 is 1.12 bits per heavy atom. The zero-order chi connectivity index (χ0) is 18.7. The smallest absolute Gasteiger partial charge is 0.218 e. The van der Waals surface area contributed by atoms with Gasteiger partial charge in [-0.15, -0.1) is 0 Å². The highest BCUT2D eigenvalue weighted by Crippen LogP contribution is 2.36. The molecule has 7 N–H and O–H groups in total. The van der Waals surface area contributed by atoms with Gasteiger partial charge in [-0.3, -0.25) is 4.18 Å². The van der Waals surface area contributed by atoms with Gasteiger partial charge in [0, 0.05) is 12.5 Å². The van der Waals surface area contributed by atoms with Crippen LogP contribution >= 0.6 is 0 Å². The van der Waals surface area contributed by atoms with Crippen LogP contribution in [0.15, 0.2) is 0 Å². The Morgan fingerprint density at radius 2 is 1.71 bits per heavy atom. The number of hydrogen-bond acceptors (Lipinski definition) is 11. The van der Waals surface area contributed by atoms with Crippen molar-refractivity contribution in [3.05, 3.63) is 0 Å². The summed E-state index contributed by atoms with van der Waals surface area (Å²) in [7, 11) is -5.34. The SMILES string of the molecule is O=S(=O)([O-])O[C@@H]([C@H](O)[C@H](O)CO)[C@@H](O)CC1C[C@@H](O)[C@H](O)[C@H]1CO. The molecule has 0 aromatic rings. The van der Waals surface area contributed by atoms with Gasteiger partial charge in [0.15, 0.2) is 0 Å². The van der Waals surface area contributed by atoms with Crippen molar-refractivity contribution in [1.82, 2.24) is 0 Å². The molecular formula is C12H23O11S-. The number of rotatable bonds is 9. The Labute approximate surface area is 138 Å². The standard InChI is InChI=1S/C12H24O11S/c13-3-6-5(1-7(15)10(6)18)2-8(16)12(23-24(20,21)22)11(19)9(17)4-14/h5-19H,1-4H2,(H,20,21,22)/p-1/t5?,6-,7+,8-,9+,10+,11+,12+/m0/s1. The fourth-order valence-corrected chi connectivity index (χ4v) is 3.49. The molecule has 24 heavy (non-hydrogen) atoms. The molecule has 1 fully saturated rings. The van der Waals surface area contributed by atoms with Gasteiger partial charge in [-0.05, 0) is 18.8 Å². The third-order valence-electron chi connectivity index (χ3n) is 4.26. The topological polar surface area (TPSA) is 208 Å². The maximum absolute atomic E-state index is 10.8. The predicted octanol–water partition coefficient (Wildman–Crippen LogP) is -4.35. The highest BCUT2D eigenvalue weighted by molar-refractivity contribution is 7.80. The van der Waals surface area contributed by atoms with E-state index < -0.39 is 72.1 Å². The lowest BCUT2D eigenvalue weighted by molar-refractivity contribution is -0.111. The maximum atomic E-state index is 10.8. The lowest BCUT2D eigenvalue weighted by Crippen LogP contribution is -2.49. The summed E-state index contributed by atoms with van der Waals surface area (Å²) in [4.78, 5) is 0. The summed E-state index contributed by atoms with van der Waals surface area (Å²) < 4.78 is 36.4. The summed E-state index contributed by atoms with van der Waals surface area (Å²) >= 11 is 0. The molecule has 11 nitrogen and oxygen atoms in total. The quantitative estimate of drug-likeness (QED) is 0.151. The van der Waals surface area contributed by atoms with Crippen LogP contribution in [-0.4, -0.2) is 98.6 Å². The molecule has 0 radical (unpaired) electrons. The van der Waals surface area contributed by atoms with Gasteiger partial charge in [0.1, 0.15) is 18.3 Å². The van der Waals surface area contributed by atoms with Gasteiger partial charge in [0.25, 0.3) is 0 Å². The summed E-state index contributed by atoms with van der Waals surface area (Å²) in [5.74, 6) is -1.46. The van der Waals surface area contributed by atoms with Crippen LogP contribution in [0, 0.1) is 11.8 Å². The molecule has 1 aliphatic rings. The van der Waals surface area contributed by atoms with Crippen LogP contribution in [0.1, 0.15) is 12.8 Å². The van der Waals surface area contributed by atoms with E-state index in [0.29, 0.717) is 0 Å². The molecule has 8 atom stereocenters. The first kappa shape index (κ1) is 21.6. The van der Waals surface area contributed by atoms with Gasteiger partial charge in [-0.2, -0.15) is 0 Å². The van der Waals surface area contributed by atoms with Crippen molar-refractivity contribution in [2.45, 2.75) is 49.5 Å². The van der Waals surface area contributed by atoms with E-state index in [9.17, 15) is 43.6 Å². The molecule has 1 unspecified atom stereocenters. The van der Waals surface area contributed by atoms with Crippen LogP contribution < -0.4 is 0 Å². The molecule has 1 saturated carbocycles. The van der Waals surface area contributed by atoms with Crippen LogP contribution in [0.3, 0.4) is 0 Å². The molecule has 0 aliphatic heterocycles. The number of aliphatic hydroxyl groups is 7. The molecular weight excluding hydrogens is 352 g/mol. The van der Waals surface area contributed by atoms with Crippen molar-refractivity contribution in [3.63, 3.8) is 0 Å². The Kier molecular flexibility index (Phi) is 7.93. The van der Waals surface area contributed by atoms with Gasteiger partial charge in [0.2, 0.25) is 10.4 Å². The molecule has 0 aromatic carbocycles. The molecule has 0 spiro atoms. The molecule has 12 heteroatoms. The van der Waals surface area contributed by atoms with E-state index >= 15 is 0 Å². The summed E-state index contributed by atoms with van der Waals surface area (Å²) in [5.41, 5.74) is 0. The van der Waals surface area contributed by atoms with Crippen molar-refractivity contribution < 1.29 is 52.9 Å². The largest absolute Gasteiger partial charge is 0.726 e. The molecule has 0 bridgehead atoms. The van der Waals surface area contributed by atoms with E-state index in [1.165, 1.54) is 0 Å². The first-order valence-corrected chi connectivity index (χ1v) is 8.61. The molecule has 0 aromatic heterocycles. The second-order valence-electron chi connectivity index (χ2n) is 5.91. The van der Waals surface area contributed by atoms with Gasteiger partial charge in [0.05, 0.1) is 24.9 Å². The van der Waals surface area contributed by atoms with E-state index in [1.807, 2.05) is 0 Å². The molecule has 0 saturated heterocycles. The summed E-state index contributed by atoms with van der Waals surface area (Å²) in [5, 5.41) is 66.6. The van der Waals surface area contributed by atoms with Gasteiger partial charge < -0.3 is 40.3 Å². The summed E-state index contributed by atoms with van der Waals surface area (Å²) in [6.45, 7) is -1.49. The zero-order valence-corrected chi connectivity index (χ0v) is 13.4. The van der Waals surface area contributed by atoms with Crippen LogP contribution in [-0.2, 0) is 14.6 Å². The van der Waals surface area contributed by atoms with E-state index in [2.05, 4.69) is 4.18 Å². The first-order valence-electron chi connectivity index (χ1n) is 7.28. The van der Waals surface area contributed by atoms with Gasteiger partial charge >= 0.3 is 0 Å². The van der Waals surface area contributed by atoms with Crippen molar-refractivity contribution >= 4 is 10.4 Å². The minimum Gasteiger partial charge on any atom is -0.726 e. The van der Waals surface area contributed by atoms with Crippen LogP contribution in [0.25, 0.3) is 0 Å². The highest BCUT2D eigenvalue weighted by Gasteiger charge is 2.44. The molecule has 144 valence electrons. The monoisotopic (exact) mass is 375 g/mol. The average Bonchev–Trinajstić information content (AvgIpc) is 2.76. The Hall–Kier alpha value is -0.410. The summed E-state index contributed by atoms with van der Waals surface area (Å²) in [6, 6.07) is 0. The van der Waals surface area contributed by atoms with E-state index in [0.717, 1.165) is 0 Å². The highest BCUT2D eigenvalue weighted by atomic mass is 32.3. The second-order valence-corrected chi connectivity index (χ2v) is 6.92. The fraction of sp³-hybridized carbons (Fsp3) is 1.00. The van der Waals surface area contributed by atoms with Crippen molar-refractivity contribution in [1.29, 1.82) is 0 Å². The van der Waals surface area contributed by atoms with E-state index in [1.54, 1.807) is 0 Å². The lowest BCUT2D eigenvalue weighted by Gasteiger charge is -2.32. The zero-order valence-electron chi connectivity index (χ0n) is 12.6. The van der Waals surface area contributed by atoms with Gasteiger partial charge in [-0.1, -0.05) is 0 Å². The second kappa shape index (κ2) is 8.80. The van der Waals surface area contributed by atoms with Crippen LogP contribution in [0.4, 0.5) is 0 Å². The fourth-order valence-electron chi connectivity index (χ4n) is 2.97. The molecule has 0 heterocycles. The average molecular weight is 375 g/mol. The number of aliphatic hydroxyl groups excluding tert-OH is 7. The van der Waals surface area contributed by atoms with Crippen LogP contribution in [0.5, 0.6) is 0 Å². The maximum Gasteiger partial charge on any atom is 0.218 e. The normalized spacial score (nSPS) is 33.2. The summed E-state index contributed by atoms with van der Waals surface area (Å²) in [6.07, 6.45) is -10.6. The number of hydrogen-bond donors (Lipinski definition) is 7. The Balaban J connectivity index is 2.89. The third-order valence-corrected chi connectivity index (χ3v) is 4.72. The van der Waals surface area contributed by atoms with Gasteiger partial charge in [-0.25, -0.2) is 8.42 Å². The molecule has 1 rings (SSSR count). The lowest BCUT2D eigenvalue weighted by atomic mass is 9.87. The third kappa shape index (κ3) is 5.56. The van der Waals surface area contributed by atoms with Crippen LogP contribution in [0.2, 0.25) is 0 Å². The molecule has 1 aliphatic carbocycles. The predicted molar refractivity (Wildman–Crippen MR) is 75.0 cm³/mol. The van der Waals surface area contributed by atoms with Crippen molar-refractivity contribution in [3.8, 4) is 0 Å². The van der Waals surface area contributed by atoms with Crippen molar-refractivity contribution in [2.75, 3.05) is 13.2 Å². The Bertz CT molecular complexity index is 483. The Morgan fingerprint density at radius 3 is 2.17 bits per heavy atom. The molecule has 0 amide bonds. The van der Waals surface area contributed by atoms with E-state index in [-0.39, 0.29) is 12.8 Å². The minimum absolute atomic E-state index is 0.0149. The minimum atomic E-state index is -5.34. The van der Waals surface area contributed by atoms with Crippen molar-refractivity contribution in [2.24, 2.45) is 11.8 Å². The first-order chi connectivity index (χ1) is 11.0. The van der Waals surface area contributed by atoms with E-state index in [4.69, 9.17) is 5.11 Å².